The Labute approximate surface area is 395 Å². The molecule has 2 unspecified atom stereocenters. The van der Waals surface area contributed by atoms with E-state index in [2.05, 4.69) is 12.2 Å². The van der Waals surface area contributed by atoms with Crippen LogP contribution in [0, 0.1) is 57.0 Å². The van der Waals surface area contributed by atoms with Crippen LogP contribution in [0.3, 0.4) is 0 Å². The number of hydrogen-bond acceptors (Lipinski definition) is 17. The van der Waals surface area contributed by atoms with Crippen molar-refractivity contribution in [3.8, 4) is 0 Å². The number of methoxy groups -OCH3 is 1. The number of aliphatic hydroxyl groups excluding tert-OH is 3. The van der Waals surface area contributed by atoms with Gasteiger partial charge in [0, 0.05) is 42.9 Å². The fourth-order valence-electron chi connectivity index (χ4n) is 12.7. The number of hydrogen-bond donors (Lipinski definition) is 4. The van der Waals surface area contributed by atoms with Gasteiger partial charge in [0.15, 0.2) is 18.2 Å². The summed E-state index contributed by atoms with van der Waals surface area (Å²) >= 11 is 0. The standard InChI is InChI=1S/C49H66N2O17/c1-22-11-14-34(66-37-20-47(8,51(60)61)42(27(6)64-37)50-46(59)62-10)23(2)16-32-33(54)17-29(21-52)19-49(32)44(57)38(45(58)68-49)43(56)48(9)31(22)13-12-30-39(48)24(3)15-25(4)41(30)67-36-18-35(65-28(7)53)40(55)26(5)63-36/h11-14,16-17,21-22,24-27,30-37,39-42,54-56H,15,18-20H2,1-10H3,(H,50,59)/b14-11+,23-16+,43-38+/t22?,24-,25-,26-,27+,30-,31-,32+,33-,34-,35+,36-,37-,39+,40-,41-,42-,47-,48+,49?/m0/s1. The maximum Gasteiger partial charge on any atom is 0.407 e. The molecule has 0 aromatic heterocycles. The summed E-state index contributed by atoms with van der Waals surface area (Å²) in [5, 5.41) is 50.7. The number of esters is 2. The highest BCUT2D eigenvalue weighted by molar-refractivity contribution is 6.26. The molecule has 19 nitrogen and oxygen atoms in total. The van der Waals surface area contributed by atoms with Crippen molar-refractivity contribution >= 4 is 30.1 Å². The number of nitrogens with one attached hydrogen (secondary N) is 1. The van der Waals surface area contributed by atoms with Crippen molar-refractivity contribution in [3.63, 3.8) is 0 Å². The zero-order chi connectivity index (χ0) is 49.9. The molecule has 3 aliphatic heterocycles. The fraction of sp³-hybridized carbons (Fsp3) is 0.694. The molecular formula is C49H66N2O17. The molecule has 7 rings (SSSR count). The van der Waals surface area contributed by atoms with E-state index < -0.39 is 154 Å². The lowest BCUT2D eigenvalue weighted by Gasteiger charge is -2.57. The summed E-state index contributed by atoms with van der Waals surface area (Å²) in [7, 11) is 1.14. The molecule has 1 saturated carbocycles. The van der Waals surface area contributed by atoms with Crippen molar-refractivity contribution < 1.29 is 77.4 Å². The average Bonchev–Trinajstić information content (AvgIpc) is 3.51. The summed E-state index contributed by atoms with van der Waals surface area (Å²) in [5.41, 5.74) is -5.50. The first-order valence-electron chi connectivity index (χ1n) is 23.5. The van der Waals surface area contributed by atoms with Gasteiger partial charge in [-0.15, -0.1) is 0 Å². The van der Waals surface area contributed by atoms with Crippen LogP contribution in [0.25, 0.3) is 0 Å². The number of alkyl carbamates (subject to hydrolysis) is 1. The molecule has 0 aromatic rings. The molecule has 4 N–H and O–H groups in total. The number of rotatable bonds is 8. The SMILES string of the molecule is COC(=O)N[C@H]1[C@@H](C)O[C@@H](O[C@H]2/C=C/C(C)[C@@H]3C=C[C@@H]4[C@@H](O[C@H]5C[C@@H](OC(C)=O)[C@@H](O)[C@H](C)O5)[C@@H](C)C[C@H](C)[C@H]4[C@]3(C)/C(O)=C3\C(=O)OC4(CC(C=O)=C[C@H](O)[C@H]4/C=C/2C)C3=O)C[C@]1(C)[N+](=O)[O-]. The van der Waals surface area contributed by atoms with Crippen molar-refractivity contribution in [1.29, 1.82) is 0 Å². The Kier molecular flexibility index (Phi) is 14.4. The molecule has 4 aliphatic carbocycles. The molecule has 2 bridgehead atoms. The van der Waals surface area contributed by atoms with Crippen LogP contribution in [0.15, 0.2) is 58.9 Å². The highest BCUT2D eigenvalue weighted by Crippen LogP contribution is 2.61. The van der Waals surface area contributed by atoms with Crippen LogP contribution < -0.4 is 5.32 Å². The third-order valence-electron chi connectivity index (χ3n) is 16.0. The number of Topliss-reactive ketones (excluding diaryl/α,β-unsaturated/α-hetero) is 1. The lowest BCUT2D eigenvalue weighted by atomic mass is 9.48. The Morgan fingerprint density at radius 3 is 2.28 bits per heavy atom. The predicted molar refractivity (Wildman–Crippen MR) is 238 cm³/mol. The molecule has 1 amide bonds. The highest BCUT2D eigenvalue weighted by atomic mass is 16.7. The van der Waals surface area contributed by atoms with Gasteiger partial charge in [0.05, 0.1) is 50.0 Å². The van der Waals surface area contributed by atoms with Crippen LogP contribution in [0.2, 0.25) is 0 Å². The number of aldehydes is 1. The Balaban J connectivity index is 1.34. The second kappa shape index (κ2) is 19.2. The van der Waals surface area contributed by atoms with E-state index in [0.717, 1.165) is 7.11 Å². The molecule has 68 heavy (non-hydrogen) atoms. The number of carbonyl (C=O) groups is 5. The van der Waals surface area contributed by atoms with Crippen LogP contribution in [-0.2, 0) is 52.3 Å². The molecular weight excluding hydrogens is 889 g/mol. The molecule has 4 fully saturated rings. The lowest BCUT2D eigenvalue weighted by molar-refractivity contribution is -0.584. The largest absolute Gasteiger partial charge is 0.511 e. The molecule has 0 radical (unpaired) electrons. The van der Waals surface area contributed by atoms with Crippen LogP contribution in [0.1, 0.15) is 88.0 Å². The summed E-state index contributed by atoms with van der Waals surface area (Å²) in [4.78, 5) is 78.5. The zero-order valence-corrected chi connectivity index (χ0v) is 40.2. The van der Waals surface area contributed by atoms with E-state index >= 15 is 4.79 Å². The Morgan fingerprint density at radius 2 is 1.63 bits per heavy atom. The Morgan fingerprint density at radius 1 is 0.941 bits per heavy atom. The summed E-state index contributed by atoms with van der Waals surface area (Å²) in [6.45, 7) is 15.4. The molecule has 7 aliphatic rings. The molecule has 3 saturated heterocycles. The minimum atomic E-state index is -2.17. The summed E-state index contributed by atoms with van der Waals surface area (Å²) < 4.78 is 42.0. The third-order valence-corrected chi connectivity index (χ3v) is 16.0. The van der Waals surface area contributed by atoms with Gasteiger partial charge in [-0.3, -0.25) is 24.5 Å². The van der Waals surface area contributed by atoms with Gasteiger partial charge < -0.3 is 53.8 Å². The lowest BCUT2D eigenvalue weighted by Crippen LogP contribution is -2.65. The van der Waals surface area contributed by atoms with Crippen LogP contribution in [0.5, 0.6) is 0 Å². The Bertz CT molecular complexity index is 2200. The van der Waals surface area contributed by atoms with E-state index in [1.165, 1.54) is 26.0 Å². The number of amides is 1. The van der Waals surface area contributed by atoms with Crippen molar-refractivity contribution in [1.82, 2.24) is 5.32 Å². The van der Waals surface area contributed by atoms with Gasteiger partial charge in [-0.1, -0.05) is 58.1 Å². The first-order valence-corrected chi connectivity index (χ1v) is 23.5. The summed E-state index contributed by atoms with van der Waals surface area (Å²) in [5.74, 6) is -6.55. The van der Waals surface area contributed by atoms with E-state index in [9.17, 15) is 44.6 Å². The van der Waals surface area contributed by atoms with Crippen molar-refractivity contribution in [2.75, 3.05) is 7.11 Å². The van der Waals surface area contributed by atoms with Crippen molar-refractivity contribution in [2.45, 2.75) is 160 Å². The number of ketones is 1. The van der Waals surface area contributed by atoms with Gasteiger partial charge in [0.25, 0.3) is 0 Å². The quantitative estimate of drug-likeness (QED) is 0.0496. The smallest absolute Gasteiger partial charge is 0.407 e. The van der Waals surface area contributed by atoms with Crippen molar-refractivity contribution in [2.24, 2.45) is 46.8 Å². The predicted octanol–water partition coefficient (Wildman–Crippen LogP) is 4.51. The maximum absolute atomic E-state index is 15.3. The number of allylic oxidation sites excluding steroid dienone is 3. The number of fused-ring (bicyclic) bond motifs is 4. The normalized spacial score (nSPS) is 47.1. The summed E-state index contributed by atoms with van der Waals surface area (Å²) in [6, 6.07) is -1.11. The topological polar surface area (TPSA) is 266 Å². The zero-order valence-electron chi connectivity index (χ0n) is 40.2. The second-order valence-corrected chi connectivity index (χ2v) is 20.5. The maximum atomic E-state index is 15.3. The molecule has 19 heteroatoms. The number of nitrogens with zero attached hydrogens (tertiary/aromatic N) is 1. The monoisotopic (exact) mass is 954 g/mol. The molecule has 374 valence electrons. The van der Waals surface area contributed by atoms with Crippen LogP contribution in [-0.4, -0.2) is 130 Å². The average molecular weight is 955 g/mol. The van der Waals surface area contributed by atoms with Crippen LogP contribution in [0.4, 0.5) is 4.79 Å². The van der Waals surface area contributed by atoms with Crippen molar-refractivity contribution in [3.05, 3.63) is 69.0 Å². The van der Waals surface area contributed by atoms with E-state index in [0.29, 0.717) is 18.3 Å². The molecule has 0 aromatic carbocycles. The van der Waals surface area contributed by atoms with Gasteiger partial charge in [0.2, 0.25) is 11.3 Å². The third kappa shape index (κ3) is 8.87. The van der Waals surface area contributed by atoms with Gasteiger partial charge in [-0.05, 0) is 74.0 Å². The molecule has 20 atom stereocenters. The number of carbonyl (C=O) groups excluding carboxylic acids is 5. The minimum Gasteiger partial charge on any atom is -0.511 e. The number of aliphatic hydroxyl groups is 3. The first-order chi connectivity index (χ1) is 31.9. The molecule has 1 spiro atoms. The van der Waals surface area contributed by atoms with Gasteiger partial charge in [-0.25, -0.2) is 9.59 Å². The number of ether oxygens (including phenoxy) is 7. The van der Waals surface area contributed by atoms with Gasteiger partial charge in [0.1, 0.15) is 35.9 Å². The van der Waals surface area contributed by atoms with Gasteiger partial charge in [-0.2, -0.15) is 0 Å². The van der Waals surface area contributed by atoms with E-state index in [1.54, 1.807) is 26.8 Å². The minimum absolute atomic E-state index is 0.00782. The number of nitro groups is 1. The van der Waals surface area contributed by atoms with E-state index in [-0.39, 0.29) is 30.3 Å². The fourth-order valence-corrected chi connectivity index (χ4v) is 12.7. The van der Waals surface area contributed by atoms with Gasteiger partial charge >= 0.3 is 18.0 Å². The highest BCUT2D eigenvalue weighted by Gasteiger charge is 2.65. The Hall–Kier alpha value is -4.79. The van der Waals surface area contributed by atoms with E-state index in [4.69, 9.17) is 33.2 Å². The second-order valence-electron chi connectivity index (χ2n) is 20.5. The first kappa shape index (κ1) is 51.1. The molecule has 3 heterocycles. The summed E-state index contributed by atoms with van der Waals surface area (Å²) in [6.07, 6.45) is 1.14. The van der Waals surface area contributed by atoms with Crippen LogP contribution >= 0.6 is 0 Å². The van der Waals surface area contributed by atoms with E-state index in [1.807, 2.05) is 39.0 Å².